The molecule has 0 saturated carbocycles. The van der Waals surface area contributed by atoms with E-state index in [0.29, 0.717) is 3.63 Å². The van der Waals surface area contributed by atoms with Crippen LogP contribution in [0.25, 0.3) is 6.08 Å². The molecule has 3 rings (SSSR count). The van der Waals surface area contributed by atoms with Crippen molar-refractivity contribution in [2.45, 2.75) is 17.5 Å². The van der Waals surface area contributed by atoms with Gasteiger partial charge in [0.15, 0.2) is 0 Å². The topological polar surface area (TPSA) is 0 Å². The summed E-state index contributed by atoms with van der Waals surface area (Å²) in [4.78, 5) is 0. The van der Waals surface area contributed by atoms with Gasteiger partial charge in [0.05, 0.1) is 0 Å². The van der Waals surface area contributed by atoms with E-state index in [-0.39, 0.29) is 24.8 Å². The third-order valence-electron chi connectivity index (χ3n) is 3.46. The first-order valence-electron chi connectivity index (χ1n) is 6.35. The van der Waals surface area contributed by atoms with Crippen molar-refractivity contribution in [2.24, 2.45) is 0 Å². The van der Waals surface area contributed by atoms with Gasteiger partial charge in [-0.1, -0.05) is 0 Å². The number of hydrogen-bond acceptors (Lipinski definition) is 0. The summed E-state index contributed by atoms with van der Waals surface area (Å²) in [6, 6.07) is 8.83. The van der Waals surface area contributed by atoms with Crippen LogP contribution in [0, 0.1) is 0 Å². The second-order valence-electron chi connectivity index (χ2n) is 4.96. The van der Waals surface area contributed by atoms with Gasteiger partial charge in [-0.2, -0.15) is 0 Å². The molecule has 0 radical (unpaired) electrons. The Morgan fingerprint density at radius 2 is 1.80 bits per heavy atom. The van der Waals surface area contributed by atoms with Crippen molar-refractivity contribution in [3.63, 3.8) is 0 Å². The Morgan fingerprint density at radius 3 is 2.55 bits per heavy atom. The molecule has 1 aromatic carbocycles. The second kappa shape index (κ2) is 7.59. The Balaban J connectivity index is 0.000001000. The quantitative estimate of drug-likeness (QED) is 0.593. The summed E-state index contributed by atoms with van der Waals surface area (Å²) in [7, 11) is 0. The van der Waals surface area contributed by atoms with Crippen LogP contribution in [0.15, 0.2) is 63.0 Å². The monoisotopic (exact) mass is 380 g/mol. The molecule has 2 aliphatic rings. The van der Waals surface area contributed by atoms with Crippen LogP contribution in [0.4, 0.5) is 0 Å². The summed E-state index contributed by atoms with van der Waals surface area (Å²) in [5, 5.41) is 0. The maximum absolute atomic E-state index is 2.42. The van der Waals surface area contributed by atoms with Gasteiger partial charge in [-0.25, -0.2) is 0 Å². The minimum atomic E-state index is -0.593. The predicted molar refractivity (Wildman–Crippen MR) is 73.8 cm³/mol. The van der Waals surface area contributed by atoms with Gasteiger partial charge in [0.2, 0.25) is 0 Å². The zero-order valence-electron chi connectivity index (χ0n) is 11.5. The van der Waals surface area contributed by atoms with Gasteiger partial charge in [-0.05, 0) is 0 Å². The number of hydrogen-bond donors (Lipinski definition) is 0. The second-order valence-corrected chi connectivity index (χ2v) is 8.53. The molecule has 1 unspecified atom stereocenters. The number of rotatable bonds is 2. The fourth-order valence-electron chi connectivity index (χ4n) is 2.52. The van der Waals surface area contributed by atoms with E-state index >= 15 is 0 Å². The Bertz CT molecular complexity index is 605. The molecule has 0 fully saturated rings. The van der Waals surface area contributed by atoms with Crippen LogP contribution >= 0.6 is 0 Å². The van der Waals surface area contributed by atoms with E-state index in [2.05, 4.69) is 68.5 Å². The normalized spacial score (nSPS) is 17.8. The van der Waals surface area contributed by atoms with E-state index in [0.717, 1.165) is 0 Å². The fraction of sp³-hybridized carbons (Fsp3) is 0.176. The molecule has 3 heteroatoms. The van der Waals surface area contributed by atoms with Gasteiger partial charge in [0.1, 0.15) is 0 Å². The molecule has 0 heterocycles. The van der Waals surface area contributed by atoms with Crippen LogP contribution in [-0.4, -0.2) is 0 Å². The van der Waals surface area contributed by atoms with Crippen LogP contribution in [0.2, 0.25) is 0 Å². The summed E-state index contributed by atoms with van der Waals surface area (Å²) < 4.78 is 2.36. The van der Waals surface area contributed by atoms with Crippen LogP contribution < -0.4 is 24.8 Å². The fourth-order valence-corrected chi connectivity index (χ4v) is 6.52. The summed E-state index contributed by atoms with van der Waals surface area (Å²) in [6.45, 7) is 4.44. The van der Waals surface area contributed by atoms with Gasteiger partial charge in [-0.3, -0.25) is 0 Å². The molecule has 1 atom stereocenters. The summed E-state index contributed by atoms with van der Waals surface area (Å²) in [5.41, 5.74) is 5.92. The SMILES string of the molecule is CC(C)=C1C=CC=[C]1[Zr+2][CH]1C=Cc2ccccc21.[Cl-].[Cl-]. The molecule has 0 aliphatic heterocycles. The van der Waals surface area contributed by atoms with E-state index in [1.165, 1.54) is 16.7 Å². The first kappa shape index (κ1) is 17.7. The molecular formula is C17H16Cl2Zr. The molecule has 102 valence electrons. The Morgan fingerprint density at radius 1 is 1.05 bits per heavy atom. The number of halogens is 2. The maximum atomic E-state index is 2.42. The molecule has 0 saturated heterocycles. The molecule has 20 heavy (non-hydrogen) atoms. The number of fused-ring (bicyclic) bond motifs is 1. The van der Waals surface area contributed by atoms with Crippen molar-refractivity contribution in [1.82, 2.24) is 0 Å². The largest absolute Gasteiger partial charge is 1.00 e. The average molecular weight is 382 g/mol. The summed E-state index contributed by atoms with van der Waals surface area (Å²) in [6.07, 6.45) is 11.5. The van der Waals surface area contributed by atoms with Crippen LogP contribution in [0.5, 0.6) is 0 Å². The zero-order chi connectivity index (χ0) is 12.5. The van der Waals surface area contributed by atoms with E-state index < -0.39 is 23.2 Å². The van der Waals surface area contributed by atoms with E-state index in [1.807, 2.05) is 0 Å². The molecule has 2 aliphatic carbocycles. The molecule has 0 amide bonds. The maximum Gasteiger partial charge on any atom is -1.00 e. The van der Waals surface area contributed by atoms with Crippen LogP contribution in [-0.2, 0) is 23.2 Å². The number of allylic oxidation sites excluding steroid dienone is 7. The van der Waals surface area contributed by atoms with Crippen molar-refractivity contribution in [2.75, 3.05) is 0 Å². The first-order chi connectivity index (χ1) is 8.75. The molecule has 1 aromatic rings. The first-order valence-corrected chi connectivity index (χ1v) is 9.00. The van der Waals surface area contributed by atoms with E-state index in [9.17, 15) is 0 Å². The molecule has 0 nitrogen and oxygen atoms in total. The van der Waals surface area contributed by atoms with Gasteiger partial charge >= 0.3 is 121 Å². The zero-order valence-corrected chi connectivity index (χ0v) is 15.5. The van der Waals surface area contributed by atoms with E-state index in [1.54, 1.807) is 8.84 Å². The van der Waals surface area contributed by atoms with Crippen molar-refractivity contribution < 1.29 is 48.0 Å². The van der Waals surface area contributed by atoms with Crippen molar-refractivity contribution in [1.29, 1.82) is 0 Å². The summed E-state index contributed by atoms with van der Waals surface area (Å²) >= 11 is -0.593. The Kier molecular flexibility index (Phi) is 6.72. The molecule has 0 aromatic heterocycles. The van der Waals surface area contributed by atoms with Crippen molar-refractivity contribution in [3.8, 4) is 0 Å². The van der Waals surface area contributed by atoms with Gasteiger partial charge in [0, 0.05) is 0 Å². The minimum absolute atomic E-state index is 0. The standard InChI is InChI=1S/C9H7.C8H9.2ClH.Zr/c1-2-5-9-7-3-6-8(9)4-1;1-7(2)8-5-3-4-6-8;;;/h1-7H;3-5H,1-2H3;2*1H;/q;;;;+2/p-2. The Hall–Kier alpha value is -0.357. The van der Waals surface area contributed by atoms with Crippen LogP contribution in [0.1, 0.15) is 28.6 Å². The molecular weight excluding hydrogens is 366 g/mol. The van der Waals surface area contributed by atoms with Crippen molar-refractivity contribution >= 4 is 6.08 Å². The van der Waals surface area contributed by atoms with E-state index in [4.69, 9.17) is 0 Å². The number of benzene rings is 1. The van der Waals surface area contributed by atoms with Crippen LogP contribution in [0.3, 0.4) is 0 Å². The Labute approximate surface area is 145 Å². The summed E-state index contributed by atoms with van der Waals surface area (Å²) in [5.74, 6) is 0. The smallest absolute Gasteiger partial charge is 1.00 e. The molecule has 0 bridgehead atoms. The third-order valence-corrected chi connectivity index (χ3v) is 7.30. The van der Waals surface area contributed by atoms with Gasteiger partial charge < -0.3 is 24.8 Å². The average Bonchev–Trinajstić information content (AvgIpc) is 2.97. The molecule has 0 spiro atoms. The van der Waals surface area contributed by atoms with Gasteiger partial charge in [-0.15, -0.1) is 0 Å². The third kappa shape index (κ3) is 3.45. The van der Waals surface area contributed by atoms with Gasteiger partial charge in [0.25, 0.3) is 0 Å². The van der Waals surface area contributed by atoms with Crippen molar-refractivity contribution in [3.05, 3.63) is 74.1 Å². The minimum Gasteiger partial charge on any atom is -1.00 e. The molecule has 0 N–H and O–H groups in total. The predicted octanol–water partition coefficient (Wildman–Crippen LogP) is -1.36.